The highest BCUT2D eigenvalue weighted by Crippen LogP contribution is 2.35. The summed E-state index contributed by atoms with van der Waals surface area (Å²) in [4.78, 5) is 2.62. The molecule has 0 amide bonds. The molecule has 0 saturated heterocycles. The van der Waals surface area contributed by atoms with E-state index in [0.717, 1.165) is 29.6 Å². The lowest BCUT2D eigenvalue weighted by molar-refractivity contribution is 0.295. The predicted octanol–water partition coefficient (Wildman–Crippen LogP) is 2.54. The molecule has 3 aromatic rings. The van der Waals surface area contributed by atoms with Crippen LogP contribution in [0.15, 0.2) is 47.5 Å². The van der Waals surface area contributed by atoms with Crippen molar-refractivity contribution in [3.05, 3.63) is 59.3 Å². The molecule has 1 N–H and O–H groups in total. The van der Waals surface area contributed by atoms with Crippen LogP contribution in [0.2, 0.25) is 0 Å². The maximum Gasteiger partial charge on any atom is 0.175 e. The van der Waals surface area contributed by atoms with Crippen LogP contribution in [0.5, 0.6) is 0 Å². The van der Waals surface area contributed by atoms with Crippen molar-refractivity contribution < 1.29 is 8.42 Å². The molecular formula is C18H19N3O2S. The van der Waals surface area contributed by atoms with Crippen LogP contribution in [0, 0.1) is 0 Å². The van der Waals surface area contributed by atoms with Crippen molar-refractivity contribution in [2.24, 2.45) is 0 Å². The molecule has 1 aliphatic heterocycles. The highest BCUT2D eigenvalue weighted by Gasteiger charge is 2.26. The lowest BCUT2D eigenvalue weighted by Gasteiger charge is -2.33. The molecule has 2 heterocycles. The summed E-state index contributed by atoms with van der Waals surface area (Å²) >= 11 is 0. The number of nitrogens with zero attached hydrogens (tertiary/aromatic N) is 2. The van der Waals surface area contributed by atoms with Gasteiger partial charge in [0, 0.05) is 30.6 Å². The minimum absolute atomic E-state index is 0.222. The number of benzene rings is 2. The molecule has 0 bridgehead atoms. The summed E-state index contributed by atoms with van der Waals surface area (Å²) in [7, 11) is -1.12. The Balaban J connectivity index is 1.83. The molecule has 5 nitrogen and oxygen atoms in total. The van der Waals surface area contributed by atoms with Gasteiger partial charge >= 0.3 is 0 Å². The van der Waals surface area contributed by atoms with E-state index in [1.807, 2.05) is 18.3 Å². The summed E-state index contributed by atoms with van der Waals surface area (Å²) in [6.07, 6.45) is 3.07. The van der Waals surface area contributed by atoms with E-state index in [1.54, 1.807) is 6.07 Å². The van der Waals surface area contributed by atoms with Gasteiger partial charge in [0.05, 0.1) is 16.6 Å². The molecule has 1 aromatic heterocycles. The molecule has 124 valence electrons. The van der Waals surface area contributed by atoms with Crippen LogP contribution < -0.4 is 0 Å². The number of aromatic amines is 1. The summed E-state index contributed by atoms with van der Waals surface area (Å²) in [5, 5.41) is 8.20. The van der Waals surface area contributed by atoms with E-state index in [9.17, 15) is 8.42 Å². The molecule has 0 aliphatic carbocycles. The SMILES string of the molecule is CN1Cc2cc(S(C)(=O)=O)ccc2C(c2ccc3cn[nH]c3c2)C1. The zero-order valence-electron chi connectivity index (χ0n) is 13.7. The van der Waals surface area contributed by atoms with E-state index < -0.39 is 9.84 Å². The predicted molar refractivity (Wildman–Crippen MR) is 93.8 cm³/mol. The van der Waals surface area contributed by atoms with Crippen molar-refractivity contribution in [1.82, 2.24) is 15.1 Å². The highest BCUT2D eigenvalue weighted by molar-refractivity contribution is 7.90. The topological polar surface area (TPSA) is 66.1 Å². The molecule has 1 aliphatic rings. The first-order chi connectivity index (χ1) is 11.4. The fourth-order valence-corrected chi connectivity index (χ4v) is 4.18. The van der Waals surface area contributed by atoms with Crippen molar-refractivity contribution in [2.45, 2.75) is 17.4 Å². The second-order valence-electron chi connectivity index (χ2n) is 6.60. The van der Waals surface area contributed by atoms with Crippen molar-refractivity contribution >= 4 is 20.7 Å². The Kier molecular flexibility index (Phi) is 3.47. The Morgan fingerprint density at radius 3 is 2.83 bits per heavy atom. The summed E-state index contributed by atoms with van der Waals surface area (Å²) in [6.45, 7) is 1.67. The largest absolute Gasteiger partial charge is 0.301 e. The molecule has 1 atom stereocenters. The quantitative estimate of drug-likeness (QED) is 0.778. The maximum absolute atomic E-state index is 11.8. The number of rotatable bonds is 2. The van der Waals surface area contributed by atoms with Gasteiger partial charge in [0.1, 0.15) is 0 Å². The lowest BCUT2D eigenvalue weighted by Crippen LogP contribution is -2.31. The Morgan fingerprint density at radius 2 is 2.04 bits per heavy atom. The standard InChI is InChI=1S/C18H19N3O2S/c1-21-10-14-7-15(24(2,22)23)5-6-16(14)17(11-21)12-3-4-13-9-19-20-18(13)8-12/h3-9,17H,10-11H2,1-2H3,(H,19,20). The van der Waals surface area contributed by atoms with E-state index in [0.29, 0.717) is 4.90 Å². The van der Waals surface area contributed by atoms with Gasteiger partial charge in [0.25, 0.3) is 0 Å². The Hall–Kier alpha value is -2.18. The number of hydrogen-bond donors (Lipinski definition) is 1. The minimum atomic E-state index is -3.19. The van der Waals surface area contributed by atoms with Crippen LogP contribution in [-0.4, -0.2) is 43.4 Å². The molecule has 0 spiro atoms. The molecule has 0 fully saturated rings. The number of aromatic nitrogens is 2. The lowest BCUT2D eigenvalue weighted by atomic mass is 9.84. The first-order valence-corrected chi connectivity index (χ1v) is 9.75. The van der Waals surface area contributed by atoms with Gasteiger partial charge in [-0.2, -0.15) is 5.10 Å². The number of nitrogens with one attached hydrogen (secondary N) is 1. The van der Waals surface area contributed by atoms with Gasteiger partial charge in [-0.3, -0.25) is 5.10 Å². The second kappa shape index (κ2) is 5.43. The first kappa shape index (κ1) is 15.4. The number of likely N-dealkylation sites (N-methyl/N-ethyl adjacent to an activating group) is 1. The van der Waals surface area contributed by atoms with Crippen molar-refractivity contribution in [3.63, 3.8) is 0 Å². The van der Waals surface area contributed by atoms with Crippen LogP contribution in [0.1, 0.15) is 22.6 Å². The number of hydrogen-bond acceptors (Lipinski definition) is 4. The second-order valence-corrected chi connectivity index (χ2v) is 8.61. The maximum atomic E-state index is 11.8. The summed E-state index contributed by atoms with van der Waals surface area (Å²) in [6, 6.07) is 11.9. The van der Waals surface area contributed by atoms with Crippen molar-refractivity contribution in [2.75, 3.05) is 19.8 Å². The molecule has 2 aromatic carbocycles. The van der Waals surface area contributed by atoms with Gasteiger partial charge in [0.2, 0.25) is 0 Å². The molecule has 0 radical (unpaired) electrons. The first-order valence-electron chi connectivity index (χ1n) is 7.86. The Bertz CT molecular complexity index is 1020. The number of H-pyrrole nitrogens is 1. The molecule has 24 heavy (non-hydrogen) atoms. The van der Waals surface area contributed by atoms with E-state index in [1.165, 1.54) is 17.4 Å². The van der Waals surface area contributed by atoms with Crippen LogP contribution in [0.4, 0.5) is 0 Å². The minimum Gasteiger partial charge on any atom is -0.301 e. The normalized spacial score (nSPS) is 18.7. The van der Waals surface area contributed by atoms with Gasteiger partial charge in [-0.15, -0.1) is 0 Å². The Labute approximate surface area is 141 Å². The highest BCUT2D eigenvalue weighted by atomic mass is 32.2. The monoisotopic (exact) mass is 341 g/mol. The average molecular weight is 341 g/mol. The van der Waals surface area contributed by atoms with Crippen LogP contribution in [0.25, 0.3) is 10.9 Å². The third-order valence-corrected chi connectivity index (χ3v) is 5.83. The molecule has 6 heteroatoms. The van der Waals surface area contributed by atoms with Gasteiger partial charge in [0.15, 0.2) is 9.84 Å². The van der Waals surface area contributed by atoms with Crippen LogP contribution in [-0.2, 0) is 16.4 Å². The van der Waals surface area contributed by atoms with Gasteiger partial charge < -0.3 is 4.90 Å². The average Bonchev–Trinajstić information content (AvgIpc) is 3.00. The third-order valence-electron chi connectivity index (χ3n) is 4.72. The van der Waals surface area contributed by atoms with Gasteiger partial charge in [-0.1, -0.05) is 18.2 Å². The summed E-state index contributed by atoms with van der Waals surface area (Å²) in [5.41, 5.74) is 4.53. The summed E-state index contributed by atoms with van der Waals surface area (Å²) < 4.78 is 23.7. The molecule has 1 unspecified atom stereocenters. The van der Waals surface area contributed by atoms with Crippen LogP contribution in [0.3, 0.4) is 0 Å². The molecule has 0 saturated carbocycles. The van der Waals surface area contributed by atoms with Crippen molar-refractivity contribution in [3.8, 4) is 0 Å². The third kappa shape index (κ3) is 2.61. The fourth-order valence-electron chi connectivity index (χ4n) is 3.51. The molecule has 4 rings (SSSR count). The smallest absolute Gasteiger partial charge is 0.175 e. The van der Waals surface area contributed by atoms with Gasteiger partial charge in [-0.25, -0.2) is 8.42 Å². The van der Waals surface area contributed by atoms with E-state index in [-0.39, 0.29) is 5.92 Å². The fraction of sp³-hybridized carbons (Fsp3) is 0.278. The zero-order chi connectivity index (χ0) is 16.9. The number of sulfone groups is 1. The van der Waals surface area contributed by atoms with E-state index in [2.05, 4.69) is 40.3 Å². The van der Waals surface area contributed by atoms with E-state index in [4.69, 9.17) is 0 Å². The van der Waals surface area contributed by atoms with E-state index >= 15 is 0 Å². The van der Waals surface area contributed by atoms with Crippen LogP contribution >= 0.6 is 0 Å². The van der Waals surface area contributed by atoms with Crippen molar-refractivity contribution in [1.29, 1.82) is 0 Å². The molecular weight excluding hydrogens is 322 g/mol. The van der Waals surface area contributed by atoms with Gasteiger partial charge in [-0.05, 0) is 41.9 Å². The number of fused-ring (bicyclic) bond motifs is 2. The summed E-state index contributed by atoms with van der Waals surface area (Å²) in [5.74, 6) is 0.222. The Morgan fingerprint density at radius 1 is 1.21 bits per heavy atom. The zero-order valence-corrected chi connectivity index (χ0v) is 14.5.